The fraction of sp³-hybridized carbons (Fsp3) is 0.250. The lowest BCUT2D eigenvalue weighted by Crippen LogP contribution is -1.91. The lowest BCUT2D eigenvalue weighted by atomic mass is 9.94. The predicted molar refractivity (Wildman–Crippen MR) is 75.6 cm³/mol. The van der Waals surface area contributed by atoms with Crippen molar-refractivity contribution in [3.63, 3.8) is 0 Å². The minimum Gasteiger partial charge on any atom is -0.504 e. The predicted octanol–water partition coefficient (Wildman–Crippen LogP) is 3.60. The Bertz CT molecular complexity index is 603. The molecule has 2 rings (SSSR count). The Balaban J connectivity index is 2.62. The maximum Gasteiger partial charge on any atom is 0.200 e. The number of aromatic hydroxyl groups is 3. The van der Waals surface area contributed by atoms with Crippen molar-refractivity contribution in [2.45, 2.75) is 26.7 Å². The summed E-state index contributed by atoms with van der Waals surface area (Å²) >= 11 is 0. The maximum atomic E-state index is 9.97. The second-order valence-electron chi connectivity index (χ2n) is 4.53. The monoisotopic (exact) mass is 258 g/mol. The molecule has 0 amide bonds. The van der Waals surface area contributed by atoms with Gasteiger partial charge in [-0.2, -0.15) is 0 Å². The molecule has 0 heterocycles. The first-order chi connectivity index (χ1) is 9.08. The summed E-state index contributed by atoms with van der Waals surface area (Å²) in [7, 11) is 0. The second kappa shape index (κ2) is 5.22. The SMILES string of the molecule is CCc1ccc(-c2ccc(O)c(O)c2O)c(CC)c1. The molecule has 0 aromatic heterocycles. The first-order valence-electron chi connectivity index (χ1n) is 6.44. The molecule has 0 atom stereocenters. The third-order valence-electron chi connectivity index (χ3n) is 3.38. The van der Waals surface area contributed by atoms with Crippen LogP contribution in [-0.4, -0.2) is 15.3 Å². The van der Waals surface area contributed by atoms with Crippen LogP contribution in [0.5, 0.6) is 17.2 Å². The molecule has 0 unspecified atom stereocenters. The first-order valence-corrected chi connectivity index (χ1v) is 6.44. The van der Waals surface area contributed by atoms with Crippen LogP contribution in [0.1, 0.15) is 25.0 Å². The molecule has 0 fully saturated rings. The molecule has 3 N–H and O–H groups in total. The largest absolute Gasteiger partial charge is 0.504 e. The summed E-state index contributed by atoms with van der Waals surface area (Å²) in [6.07, 6.45) is 1.80. The molecule has 0 saturated heterocycles. The van der Waals surface area contributed by atoms with Crippen LogP contribution >= 0.6 is 0 Å². The average Bonchev–Trinajstić information content (AvgIpc) is 2.44. The normalized spacial score (nSPS) is 10.6. The number of phenolic OH excluding ortho intramolecular Hbond substituents is 3. The highest BCUT2D eigenvalue weighted by atomic mass is 16.3. The van der Waals surface area contributed by atoms with Gasteiger partial charge in [0.25, 0.3) is 0 Å². The third-order valence-corrected chi connectivity index (χ3v) is 3.38. The Morgan fingerprint density at radius 1 is 0.789 bits per heavy atom. The summed E-state index contributed by atoms with van der Waals surface area (Å²) in [5.41, 5.74) is 3.77. The van der Waals surface area contributed by atoms with Gasteiger partial charge < -0.3 is 15.3 Å². The molecular formula is C16H18O3. The minimum absolute atomic E-state index is 0.279. The van der Waals surface area contributed by atoms with E-state index in [0.29, 0.717) is 5.56 Å². The van der Waals surface area contributed by atoms with Gasteiger partial charge in [0.15, 0.2) is 11.5 Å². The van der Waals surface area contributed by atoms with Gasteiger partial charge in [-0.15, -0.1) is 0 Å². The fourth-order valence-electron chi connectivity index (χ4n) is 2.21. The highest BCUT2D eigenvalue weighted by Crippen LogP contribution is 2.43. The van der Waals surface area contributed by atoms with Crippen LogP contribution in [0.15, 0.2) is 30.3 Å². The maximum absolute atomic E-state index is 9.97. The van der Waals surface area contributed by atoms with Gasteiger partial charge in [0.2, 0.25) is 5.75 Å². The molecule has 3 heteroatoms. The summed E-state index contributed by atoms with van der Waals surface area (Å²) in [5.74, 6) is -1.07. The Labute approximate surface area is 112 Å². The van der Waals surface area contributed by atoms with Crippen LogP contribution in [-0.2, 0) is 12.8 Å². The van der Waals surface area contributed by atoms with Crippen molar-refractivity contribution >= 4 is 0 Å². The van der Waals surface area contributed by atoms with Crippen molar-refractivity contribution in [3.8, 4) is 28.4 Å². The van der Waals surface area contributed by atoms with E-state index in [1.807, 2.05) is 12.1 Å². The number of hydrogen-bond acceptors (Lipinski definition) is 3. The van der Waals surface area contributed by atoms with E-state index in [9.17, 15) is 15.3 Å². The van der Waals surface area contributed by atoms with Gasteiger partial charge in [0.1, 0.15) is 0 Å². The Morgan fingerprint density at radius 3 is 2.11 bits per heavy atom. The van der Waals surface area contributed by atoms with Crippen molar-refractivity contribution in [1.29, 1.82) is 0 Å². The van der Waals surface area contributed by atoms with Crippen molar-refractivity contribution in [1.82, 2.24) is 0 Å². The van der Waals surface area contributed by atoms with Gasteiger partial charge in [-0.05, 0) is 41.7 Å². The second-order valence-corrected chi connectivity index (χ2v) is 4.53. The lowest BCUT2D eigenvalue weighted by molar-refractivity contribution is 0.369. The summed E-state index contributed by atoms with van der Waals surface area (Å²) in [6.45, 7) is 4.15. The van der Waals surface area contributed by atoms with Gasteiger partial charge in [-0.3, -0.25) is 0 Å². The van der Waals surface area contributed by atoms with Gasteiger partial charge in [0.05, 0.1) is 0 Å². The van der Waals surface area contributed by atoms with E-state index in [0.717, 1.165) is 24.0 Å². The van der Waals surface area contributed by atoms with Crippen LogP contribution in [0.4, 0.5) is 0 Å². The summed E-state index contributed by atoms with van der Waals surface area (Å²) in [5, 5.41) is 29.0. The summed E-state index contributed by atoms with van der Waals surface area (Å²) in [4.78, 5) is 0. The highest BCUT2D eigenvalue weighted by Gasteiger charge is 2.14. The van der Waals surface area contributed by atoms with E-state index >= 15 is 0 Å². The number of phenols is 3. The van der Waals surface area contributed by atoms with E-state index in [4.69, 9.17) is 0 Å². The van der Waals surface area contributed by atoms with Crippen molar-refractivity contribution in [3.05, 3.63) is 41.5 Å². The molecule has 0 aliphatic heterocycles. The lowest BCUT2D eigenvalue weighted by Gasteiger charge is -2.13. The number of benzene rings is 2. The molecule has 0 saturated carbocycles. The smallest absolute Gasteiger partial charge is 0.200 e. The van der Waals surface area contributed by atoms with E-state index in [2.05, 4.69) is 19.9 Å². The number of aryl methyl sites for hydroxylation is 2. The van der Waals surface area contributed by atoms with Crippen LogP contribution in [0.25, 0.3) is 11.1 Å². The quantitative estimate of drug-likeness (QED) is 0.737. The molecule has 2 aromatic rings. The summed E-state index contributed by atoms with van der Waals surface area (Å²) < 4.78 is 0. The molecule has 0 bridgehead atoms. The van der Waals surface area contributed by atoms with Gasteiger partial charge >= 0.3 is 0 Å². The summed E-state index contributed by atoms with van der Waals surface area (Å²) in [6, 6.07) is 9.07. The molecule has 0 aliphatic rings. The molecule has 0 spiro atoms. The zero-order chi connectivity index (χ0) is 14.0. The zero-order valence-electron chi connectivity index (χ0n) is 11.1. The van der Waals surface area contributed by atoms with Gasteiger partial charge in [-0.25, -0.2) is 0 Å². The van der Waals surface area contributed by atoms with Crippen LogP contribution in [0, 0.1) is 0 Å². The Morgan fingerprint density at radius 2 is 1.47 bits per heavy atom. The van der Waals surface area contributed by atoms with E-state index in [1.54, 1.807) is 6.07 Å². The van der Waals surface area contributed by atoms with Gasteiger partial charge in [-0.1, -0.05) is 32.0 Å². The number of rotatable bonds is 3. The average molecular weight is 258 g/mol. The molecule has 0 radical (unpaired) electrons. The van der Waals surface area contributed by atoms with E-state index in [-0.39, 0.29) is 11.5 Å². The van der Waals surface area contributed by atoms with Crippen LogP contribution < -0.4 is 0 Å². The Kier molecular flexibility index (Phi) is 3.65. The first kappa shape index (κ1) is 13.3. The molecular weight excluding hydrogens is 240 g/mol. The highest BCUT2D eigenvalue weighted by molar-refractivity contribution is 5.77. The van der Waals surface area contributed by atoms with Crippen molar-refractivity contribution in [2.75, 3.05) is 0 Å². The minimum atomic E-state index is -0.473. The van der Waals surface area contributed by atoms with Crippen molar-refractivity contribution in [2.24, 2.45) is 0 Å². The molecule has 3 nitrogen and oxygen atoms in total. The van der Waals surface area contributed by atoms with Gasteiger partial charge in [0, 0.05) is 5.56 Å². The topological polar surface area (TPSA) is 60.7 Å². The molecule has 19 heavy (non-hydrogen) atoms. The van der Waals surface area contributed by atoms with E-state index in [1.165, 1.54) is 11.6 Å². The van der Waals surface area contributed by atoms with Crippen LogP contribution in [0.2, 0.25) is 0 Å². The standard InChI is InChI=1S/C16H18O3/c1-3-10-5-6-12(11(4-2)9-10)13-7-8-14(17)16(19)15(13)18/h5-9,17-19H,3-4H2,1-2H3. The zero-order valence-corrected chi connectivity index (χ0v) is 11.1. The molecule has 2 aromatic carbocycles. The van der Waals surface area contributed by atoms with Crippen molar-refractivity contribution < 1.29 is 15.3 Å². The molecule has 0 aliphatic carbocycles. The fourth-order valence-corrected chi connectivity index (χ4v) is 2.21. The molecule has 100 valence electrons. The van der Waals surface area contributed by atoms with Crippen LogP contribution in [0.3, 0.4) is 0 Å². The third kappa shape index (κ3) is 2.36. The Hall–Kier alpha value is -2.16. The number of hydrogen-bond donors (Lipinski definition) is 3. The van der Waals surface area contributed by atoms with E-state index < -0.39 is 5.75 Å².